The van der Waals surface area contributed by atoms with Crippen molar-refractivity contribution >= 4 is 23.3 Å². The number of hydrogen-bond acceptors (Lipinski definition) is 3. The maximum atomic E-state index is 12.1. The first kappa shape index (κ1) is 13.2. The third kappa shape index (κ3) is 2.33. The van der Waals surface area contributed by atoms with Crippen LogP contribution in [0, 0.1) is 0 Å². The number of carbonyl (C=O) groups is 1. The van der Waals surface area contributed by atoms with E-state index in [1.165, 1.54) is 0 Å². The summed E-state index contributed by atoms with van der Waals surface area (Å²) >= 11 is 5.96. The van der Waals surface area contributed by atoms with Gasteiger partial charge in [0.25, 0.3) is 0 Å². The van der Waals surface area contributed by atoms with E-state index in [0.29, 0.717) is 18.1 Å². The standard InChI is InChI=1S/C14H16ClN3O2/c1-14(2,3)20-13(19)17-7-10-11(8-17)18-5-4-9(15)6-12(18)16-10/h4-6H,7-8H2,1-3H3. The first-order valence-electron chi connectivity index (χ1n) is 6.47. The molecule has 0 saturated carbocycles. The van der Waals surface area contributed by atoms with Gasteiger partial charge >= 0.3 is 6.09 Å². The normalized spacial score (nSPS) is 14.7. The van der Waals surface area contributed by atoms with E-state index in [4.69, 9.17) is 16.3 Å². The first-order chi connectivity index (χ1) is 9.33. The van der Waals surface area contributed by atoms with Crippen molar-refractivity contribution in [3.63, 3.8) is 0 Å². The Bertz CT molecular complexity index is 688. The summed E-state index contributed by atoms with van der Waals surface area (Å²) in [5, 5.41) is 0.658. The van der Waals surface area contributed by atoms with E-state index in [1.54, 1.807) is 4.90 Å². The van der Waals surface area contributed by atoms with Crippen molar-refractivity contribution in [1.82, 2.24) is 14.3 Å². The lowest BCUT2D eigenvalue weighted by Gasteiger charge is -2.24. The second-order valence-electron chi connectivity index (χ2n) is 5.91. The highest BCUT2D eigenvalue weighted by Gasteiger charge is 2.30. The van der Waals surface area contributed by atoms with Gasteiger partial charge in [-0.05, 0) is 26.8 Å². The molecule has 0 spiro atoms. The maximum absolute atomic E-state index is 12.1. The Morgan fingerprint density at radius 2 is 2.15 bits per heavy atom. The van der Waals surface area contributed by atoms with Gasteiger partial charge in [0.2, 0.25) is 0 Å². The Balaban J connectivity index is 1.85. The summed E-state index contributed by atoms with van der Waals surface area (Å²) in [5.74, 6) is 0. The molecule has 106 valence electrons. The minimum Gasteiger partial charge on any atom is -0.444 e. The third-order valence-corrected chi connectivity index (χ3v) is 3.34. The van der Waals surface area contributed by atoms with Gasteiger partial charge in [0.05, 0.1) is 24.5 Å². The van der Waals surface area contributed by atoms with Crippen LogP contribution in [-0.2, 0) is 17.8 Å². The zero-order valence-electron chi connectivity index (χ0n) is 11.7. The smallest absolute Gasteiger partial charge is 0.410 e. The molecule has 0 bridgehead atoms. The molecular weight excluding hydrogens is 278 g/mol. The lowest BCUT2D eigenvalue weighted by Crippen LogP contribution is -2.33. The van der Waals surface area contributed by atoms with Gasteiger partial charge in [-0.1, -0.05) is 11.6 Å². The highest BCUT2D eigenvalue weighted by atomic mass is 35.5. The SMILES string of the molecule is CC(C)(C)OC(=O)N1Cc2nc3cc(Cl)ccn3c2C1. The zero-order valence-corrected chi connectivity index (χ0v) is 12.4. The van der Waals surface area contributed by atoms with Crippen LogP contribution in [0.3, 0.4) is 0 Å². The van der Waals surface area contributed by atoms with Crippen LogP contribution in [-0.4, -0.2) is 26.0 Å². The summed E-state index contributed by atoms with van der Waals surface area (Å²) in [6.45, 7) is 6.56. The number of imidazole rings is 1. The molecule has 0 unspecified atom stereocenters. The molecule has 1 aliphatic heterocycles. The van der Waals surface area contributed by atoms with Crippen molar-refractivity contribution < 1.29 is 9.53 Å². The summed E-state index contributed by atoms with van der Waals surface area (Å²) in [4.78, 5) is 18.2. The number of hydrogen-bond donors (Lipinski definition) is 0. The van der Waals surface area contributed by atoms with Crippen molar-refractivity contribution in [3.8, 4) is 0 Å². The summed E-state index contributed by atoms with van der Waals surface area (Å²) in [7, 11) is 0. The Morgan fingerprint density at radius 1 is 1.40 bits per heavy atom. The fourth-order valence-corrected chi connectivity index (χ4v) is 2.44. The van der Waals surface area contributed by atoms with Crippen molar-refractivity contribution in [2.24, 2.45) is 0 Å². The van der Waals surface area contributed by atoms with E-state index < -0.39 is 5.60 Å². The zero-order chi connectivity index (χ0) is 14.5. The molecule has 3 heterocycles. The molecule has 0 atom stereocenters. The van der Waals surface area contributed by atoms with Crippen LogP contribution >= 0.6 is 11.6 Å². The van der Waals surface area contributed by atoms with Gasteiger partial charge in [0.15, 0.2) is 0 Å². The number of amides is 1. The molecule has 0 N–H and O–H groups in total. The van der Waals surface area contributed by atoms with Crippen LogP contribution in [0.15, 0.2) is 18.3 Å². The topological polar surface area (TPSA) is 46.8 Å². The molecule has 0 fully saturated rings. The Morgan fingerprint density at radius 3 is 2.85 bits per heavy atom. The van der Waals surface area contributed by atoms with Gasteiger partial charge in [-0.15, -0.1) is 0 Å². The quantitative estimate of drug-likeness (QED) is 0.749. The highest BCUT2D eigenvalue weighted by molar-refractivity contribution is 6.30. The van der Waals surface area contributed by atoms with Crippen LogP contribution in [0.25, 0.3) is 5.65 Å². The minimum atomic E-state index is -0.486. The van der Waals surface area contributed by atoms with Crippen LogP contribution in [0.4, 0.5) is 4.79 Å². The molecule has 0 aromatic carbocycles. The van der Waals surface area contributed by atoms with Gasteiger partial charge in [0, 0.05) is 17.3 Å². The third-order valence-electron chi connectivity index (χ3n) is 3.10. The molecule has 5 nitrogen and oxygen atoms in total. The number of fused-ring (bicyclic) bond motifs is 3. The molecule has 0 aliphatic carbocycles. The molecule has 1 amide bonds. The number of pyridine rings is 1. The average Bonchev–Trinajstić information content (AvgIpc) is 2.82. The van der Waals surface area contributed by atoms with E-state index >= 15 is 0 Å². The molecular formula is C14H16ClN3O2. The van der Waals surface area contributed by atoms with E-state index in [-0.39, 0.29) is 6.09 Å². The van der Waals surface area contributed by atoms with Gasteiger partial charge in [-0.3, -0.25) is 4.90 Å². The van der Waals surface area contributed by atoms with E-state index in [9.17, 15) is 4.79 Å². The van der Waals surface area contributed by atoms with Crippen LogP contribution < -0.4 is 0 Å². The molecule has 2 aromatic rings. The van der Waals surface area contributed by atoms with Gasteiger partial charge in [0.1, 0.15) is 11.2 Å². The molecule has 20 heavy (non-hydrogen) atoms. The number of ether oxygens (including phenoxy) is 1. The molecule has 1 aliphatic rings. The lowest BCUT2D eigenvalue weighted by molar-refractivity contribution is 0.0238. The number of aromatic nitrogens is 2. The minimum absolute atomic E-state index is 0.307. The highest BCUT2D eigenvalue weighted by Crippen LogP contribution is 2.26. The molecule has 0 saturated heterocycles. The van der Waals surface area contributed by atoms with Crippen LogP contribution in [0.1, 0.15) is 32.2 Å². The fraction of sp³-hybridized carbons (Fsp3) is 0.429. The summed E-state index contributed by atoms with van der Waals surface area (Å²) in [6, 6.07) is 3.63. The van der Waals surface area contributed by atoms with Crippen molar-refractivity contribution in [2.75, 3.05) is 0 Å². The summed E-state index contributed by atoms with van der Waals surface area (Å²) in [5.41, 5.74) is 2.24. The monoisotopic (exact) mass is 293 g/mol. The number of carbonyl (C=O) groups excluding carboxylic acids is 1. The van der Waals surface area contributed by atoms with Crippen LogP contribution in [0.2, 0.25) is 5.02 Å². The second-order valence-corrected chi connectivity index (χ2v) is 6.35. The Kier molecular flexibility index (Phi) is 2.90. The van der Waals surface area contributed by atoms with Crippen molar-refractivity contribution in [2.45, 2.75) is 39.5 Å². The fourth-order valence-electron chi connectivity index (χ4n) is 2.29. The molecule has 6 heteroatoms. The van der Waals surface area contributed by atoms with Gasteiger partial charge in [-0.2, -0.15) is 0 Å². The largest absolute Gasteiger partial charge is 0.444 e. The Hall–Kier alpha value is -1.75. The Labute approximate surface area is 122 Å². The number of halogens is 1. The summed E-state index contributed by atoms with van der Waals surface area (Å²) in [6.07, 6.45) is 1.57. The maximum Gasteiger partial charge on any atom is 0.410 e. The lowest BCUT2D eigenvalue weighted by atomic mass is 10.2. The molecule has 2 aromatic heterocycles. The summed E-state index contributed by atoms with van der Waals surface area (Å²) < 4.78 is 7.35. The van der Waals surface area contributed by atoms with Gasteiger partial charge < -0.3 is 9.14 Å². The number of nitrogens with zero attached hydrogens (tertiary/aromatic N) is 3. The van der Waals surface area contributed by atoms with Crippen LogP contribution in [0.5, 0.6) is 0 Å². The van der Waals surface area contributed by atoms with Crippen molar-refractivity contribution in [3.05, 3.63) is 34.7 Å². The predicted octanol–water partition coefficient (Wildman–Crippen LogP) is 3.24. The second kappa shape index (κ2) is 4.38. The van der Waals surface area contributed by atoms with E-state index in [0.717, 1.165) is 17.0 Å². The van der Waals surface area contributed by atoms with Gasteiger partial charge in [-0.25, -0.2) is 9.78 Å². The molecule has 3 rings (SSSR count). The number of rotatable bonds is 0. The average molecular weight is 294 g/mol. The van der Waals surface area contributed by atoms with E-state index in [1.807, 2.05) is 43.5 Å². The van der Waals surface area contributed by atoms with Crippen molar-refractivity contribution in [1.29, 1.82) is 0 Å². The predicted molar refractivity (Wildman–Crippen MR) is 75.7 cm³/mol. The first-order valence-corrected chi connectivity index (χ1v) is 6.84. The van der Waals surface area contributed by atoms with E-state index in [2.05, 4.69) is 4.98 Å². The molecule has 0 radical (unpaired) electrons.